The minimum absolute atomic E-state index is 0.0288. The average Bonchev–Trinajstić information content (AvgIpc) is 2.54. The first kappa shape index (κ1) is 16.2. The highest BCUT2D eigenvalue weighted by Gasteiger charge is 2.21. The van der Waals surface area contributed by atoms with Crippen LogP contribution in [0.5, 0.6) is 0 Å². The number of nitro groups is 1. The van der Waals surface area contributed by atoms with E-state index in [0.29, 0.717) is 5.56 Å². The highest BCUT2D eigenvalue weighted by atomic mass is 16.6. The van der Waals surface area contributed by atoms with Gasteiger partial charge in [-0.25, -0.2) is 14.8 Å². The minimum Gasteiger partial charge on any atom is -0.451 e. The molecule has 0 aliphatic rings. The summed E-state index contributed by atoms with van der Waals surface area (Å²) in [4.78, 5) is 41.5. The average molecular weight is 315 g/mol. The summed E-state index contributed by atoms with van der Waals surface area (Å²) in [6.45, 7) is 2.76. The summed E-state index contributed by atoms with van der Waals surface area (Å²) in [6.07, 6.45) is 1.57. The molecule has 0 saturated carbocycles. The third-order valence-electron chi connectivity index (χ3n) is 3.12. The number of carbonyl (C=O) groups excluding carboxylic acids is 2. The number of ether oxygens (including phenoxy) is 1. The van der Waals surface area contributed by atoms with Crippen molar-refractivity contribution in [2.24, 2.45) is 0 Å². The van der Waals surface area contributed by atoms with Crippen molar-refractivity contribution in [2.75, 3.05) is 0 Å². The van der Waals surface area contributed by atoms with Crippen LogP contribution in [-0.4, -0.2) is 32.7 Å². The van der Waals surface area contributed by atoms with Crippen LogP contribution >= 0.6 is 0 Å². The molecule has 8 nitrogen and oxygen atoms in total. The third kappa shape index (κ3) is 3.73. The van der Waals surface area contributed by atoms with Crippen molar-refractivity contribution in [3.63, 3.8) is 0 Å². The van der Waals surface area contributed by atoms with Crippen molar-refractivity contribution in [1.29, 1.82) is 0 Å². The first-order chi connectivity index (χ1) is 10.9. The molecule has 1 unspecified atom stereocenters. The molecule has 0 radical (unpaired) electrons. The van der Waals surface area contributed by atoms with Gasteiger partial charge in [-0.05, 0) is 13.8 Å². The third-order valence-corrected chi connectivity index (χ3v) is 3.12. The van der Waals surface area contributed by atoms with Gasteiger partial charge in [-0.2, -0.15) is 0 Å². The number of hydrogen-bond acceptors (Lipinski definition) is 7. The molecule has 8 heteroatoms. The lowest BCUT2D eigenvalue weighted by molar-refractivity contribution is -0.384. The van der Waals surface area contributed by atoms with Gasteiger partial charge in [0.25, 0.3) is 5.69 Å². The highest BCUT2D eigenvalue weighted by molar-refractivity contribution is 5.97. The van der Waals surface area contributed by atoms with E-state index in [-0.39, 0.29) is 22.7 Å². The van der Waals surface area contributed by atoms with Gasteiger partial charge in [0, 0.05) is 23.9 Å². The van der Waals surface area contributed by atoms with Crippen LogP contribution in [0, 0.1) is 10.1 Å². The number of rotatable bonds is 5. The van der Waals surface area contributed by atoms with Crippen LogP contribution in [0.1, 0.15) is 24.2 Å². The Morgan fingerprint density at radius 1 is 1.35 bits per heavy atom. The molecular weight excluding hydrogens is 302 g/mol. The lowest BCUT2D eigenvalue weighted by Crippen LogP contribution is -2.22. The molecular formula is C15H13N3O5. The van der Waals surface area contributed by atoms with Gasteiger partial charge in [0.1, 0.15) is 11.9 Å². The number of aromatic nitrogens is 2. The van der Waals surface area contributed by atoms with Gasteiger partial charge in [0.15, 0.2) is 11.9 Å². The van der Waals surface area contributed by atoms with E-state index in [0.717, 1.165) is 0 Å². The van der Waals surface area contributed by atoms with Gasteiger partial charge in [0.05, 0.1) is 10.6 Å². The SMILES string of the molecule is CC(=O)C(C)OC(=O)c1cncnc1-c1cccc([N+](=O)[O-])c1. The van der Waals surface area contributed by atoms with Crippen molar-refractivity contribution in [1.82, 2.24) is 9.97 Å². The summed E-state index contributed by atoms with van der Waals surface area (Å²) >= 11 is 0. The molecule has 0 aliphatic carbocycles. The Kier molecular flexibility index (Phi) is 4.75. The first-order valence-electron chi connectivity index (χ1n) is 6.66. The maximum absolute atomic E-state index is 12.2. The molecule has 2 aromatic rings. The van der Waals surface area contributed by atoms with Crippen LogP contribution in [0.15, 0.2) is 36.8 Å². The Hall–Kier alpha value is -3.16. The molecule has 0 N–H and O–H groups in total. The number of ketones is 1. The normalized spacial score (nSPS) is 11.6. The quantitative estimate of drug-likeness (QED) is 0.472. The molecule has 0 aliphatic heterocycles. The lowest BCUT2D eigenvalue weighted by atomic mass is 10.1. The van der Waals surface area contributed by atoms with Gasteiger partial charge in [0.2, 0.25) is 0 Å². The van der Waals surface area contributed by atoms with E-state index in [2.05, 4.69) is 9.97 Å². The Morgan fingerprint density at radius 2 is 2.09 bits per heavy atom. The van der Waals surface area contributed by atoms with Crippen LogP contribution in [0.3, 0.4) is 0 Å². The van der Waals surface area contributed by atoms with Crippen molar-refractivity contribution < 1.29 is 19.2 Å². The Morgan fingerprint density at radius 3 is 2.74 bits per heavy atom. The molecule has 0 spiro atoms. The maximum atomic E-state index is 12.2. The maximum Gasteiger partial charge on any atom is 0.342 e. The number of carbonyl (C=O) groups is 2. The van der Waals surface area contributed by atoms with Crippen LogP contribution in [0.25, 0.3) is 11.3 Å². The summed E-state index contributed by atoms with van der Waals surface area (Å²) in [6, 6.07) is 5.71. The monoisotopic (exact) mass is 315 g/mol. The van der Waals surface area contributed by atoms with E-state index < -0.39 is 17.0 Å². The van der Waals surface area contributed by atoms with E-state index in [1.54, 1.807) is 6.07 Å². The number of Topliss-reactive ketones (excluding diaryl/α,β-unsaturated/α-hetero) is 1. The van der Waals surface area contributed by atoms with Gasteiger partial charge < -0.3 is 4.74 Å². The fraction of sp³-hybridized carbons (Fsp3) is 0.200. The molecule has 0 saturated heterocycles. The molecule has 118 valence electrons. The summed E-state index contributed by atoms with van der Waals surface area (Å²) in [5, 5.41) is 10.9. The summed E-state index contributed by atoms with van der Waals surface area (Å²) in [7, 11) is 0. The molecule has 2 rings (SSSR count). The molecule has 0 fully saturated rings. The first-order valence-corrected chi connectivity index (χ1v) is 6.66. The van der Waals surface area contributed by atoms with Crippen LogP contribution in [0.4, 0.5) is 5.69 Å². The second-order valence-electron chi connectivity index (χ2n) is 4.75. The van der Waals surface area contributed by atoms with E-state index >= 15 is 0 Å². The molecule has 1 aromatic heterocycles. The van der Waals surface area contributed by atoms with Crippen LogP contribution < -0.4 is 0 Å². The second-order valence-corrected chi connectivity index (χ2v) is 4.75. The topological polar surface area (TPSA) is 112 Å². The molecule has 0 amide bonds. The molecule has 1 aromatic carbocycles. The predicted octanol–water partition coefficient (Wildman–Crippen LogP) is 2.19. The van der Waals surface area contributed by atoms with Gasteiger partial charge in [-0.15, -0.1) is 0 Å². The number of nitro benzene ring substituents is 1. The largest absolute Gasteiger partial charge is 0.451 e. The fourth-order valence-electron chi connectivity index (χ4n) is 1.78. The van der Waals surface area contributed by atoms with Gasteiger partial charge >= 0.3 is 5.97 Å². The van der Waals surface area contributed by atoms with E-state index in [4.69, 9.17) is 4.74 Å². The second kappa shape index (κ2) is 6.73. The van der Waals surface area contributed by atoms with Crippen LogP contribution in [0.2, 0.25) is 0 Å². The Bertz CT molecular complexity index is 775. The van der Waals surface area contributed by atoms with Gasteiger partial charge in [-0.3, -0.25) is 14.9 Å². The summed E-state index contributed by atoms with van der Waals surface area (Å²) in [5.41, 5.74) is 0.479. The number of benzene rings is 1. The summed E-state index contributed by atoms with van der Waals surface area (Å²) in [5.74, 6) is -1.07. The zero-order valence-electron chi connectivity index (χ0n) is 12.4. The zero-order valence-corrected chi connectivity index (χ0v) is 12.4. The minimum atomic E-state index is -0.902. The van der Waals surface area contributed by atoms with Crippen molar-refractivity contribution in [2.45, 2.75) is 20.0 Å². The highest BCUT2D eigenvalue weighted by Crippen LogP contribution is 2.25. The smallest absolute Gasteiger partial charge is 0.342 e. The molecule has 1 atom stereocenters. The van der Waals surface area contributed by atoms with Crippen molar-refractivity contribution in [3.8, 4) is 11.3 Å². The lowest BCUT2D eigenvalue weighted by Gasteiger charge is -2.11. The van der Waals surface area contributed by atoms with E-state index in [9.17, 15) is 19.7 Å². The molecule has 0 bridgehead atoms. The molecule has 1 heterocycles. The molecule has 23 heavy (non-hydrogen) atoms. The Labute approximate surface area is 131 Å². The Balaban J connectivity index is 2.41. The van der Waals surface area contributed by atoms with Gasteiger partial charge in [-0.1, -0.05) is 12.1 Å². The number of esters is 1. The number of nitrogens with zero attached hydrogens (tertiary/aromatic N) is 3. The standard InChI is InChI=1S/C15H13N3O5/c1-9(19)10(2)23-15(20)13-7-16-8-17-14(13)11-4-3-5-12(6-11)18(21)22/h3-8,10H,1-2H3. The number of hydrogen-bond donors (Lipinski definition) is 0. The zero-order chi connectivity index (χ0) is 17.0. The predicted molar refractivity (Wildman–Crippen MR) is 79.7 cm³/mol. The fourth-order valence-corrected chi connectivity index (χ4v) is 1.78. The number of non-ortho nitro benzene ring substituents is 1. The van der Waals surface area contributed by atoms with E-state index in [1.165, 1.54) is 44.6 Å². The van der Waals surface area contributed by atoms with Crippen molar-refractivity contribution in [3.05, 3.63) is 52.5 Å². The summed E-state index contributed by atoms with van der Waals surface area (Å²) < 4.78 is 5.04. The van der Waals surface area contributed by atoms with E-state index in [1.807, 2.05) is 0 Å². The van der Waals surface area contributed by atoms with Crippen LogP contribution in [-0.2, 0) is 9.53 Å². The van der Waals surface area contributed by atoms with Crippen molar-refractivity contribution >= 4 is 17.4 Å².